The summed E-state index contributed by atoms with van der Waals surface area (Å²) in [5, 5.41) is 2.77. The molecule has 0 aliphatic carbocycles. The number of hydrogen-bond donors (Lipinski definition) is 1. The monoisotopic (exact) mass is 279 g/mol. The standard InChI is InChI=1S/C15H13N5O/c1-11-5-6-12(9-17-11)18-15(21)13-3-2-4-14(19-13)20-8-7-16-10-20/h2-10H,1H3,(H,18,21). The summed E-state index contributed by atoms with van der Waals surface area (Å²) >= 11 is 0. The third-order valence-corrected chi connectivity index (χ3v) is 2.91. The molecule has 0 unspecified atom stereocenters. The Labute approximate surface area is 121 Å². The molecule has 0 fully saturated rings. The van der Waals surface area contributed by atoms with Crippen LogP contribution in [0.15, 0.2) is 55.2 Å². The first-order valence-electron chi connectivity index (χ1n) is 6.42. The predicted octanol–water partition coefficient (Wildman–Crippen LogP) is 2.22. The molecule has 0 saturated heterocycles. The number of pyridine rings is 2. The molecule has 0 aliphatic rings. The van der Waals surface area contributed by atoms with E-state index in [0.29, 0.717) is 17.2 Å². The molecule has 1 N–H and O–H groups in total. The average molecular weight is 279 g/mol. The fraction of sp³-hybridized carbons (Fsp3) is 0.0667. The molecule has 0 aliphatic heterocycles. The third kappa shape index (κ3) is 2.94. The highest BCUT2D eigenvalue weighted by Crippen LogP contribution is 2.09. The third-order valence-electron chi connectivity index (χ3n) is 2.91. The van der Waals surface area contributed by atoms with Crippen LogP contribution in [0.25, 0.3) is 5.82 Å². The molecular formula is C15H13N5O. The predicted molar refractivity (Wildman–Crippen MR) is 78.3 cm³/mol. The zero-order chi connectivity index (χ0) is 14.7. The van der Waals surface area contributed by atoms with Gasteiger partial charge in [0.25, 0.3) is 5.91 Å². The minimum absolute atomic E-state index is 0.275. The van der Waals surface area contributed by atoms with Crippen LogP contribution in [0.5, 0.6) is 0 Å². The van der Waals surface area contributed by atoms with Gasteiger partial charge in [0.1, 0.15) is 17.8 Å². The number of hydrogen-bond acceptors (Lipinski definition) is 4. The molecular weight excluding hydrogens is 266 g/mol. The second-order valence-corrected chi connectivity index (χ2v) is 4.49. The van der Waals surface area contributed by atoms with E-state index >= 15 is 0 Å². The molecule has 3 aromatic heterocycles. The number of carbonyl (C=O) groups excluding carboxylic acids is 1. The summed E-state index contributed by atoms with van der Waals surface area (Å²) in [4.78, 5) is 24.6. The van der Waals surface area contributed by atoms with Gasteiger partial charge in [-0.3, -0.25) is 14.3 Å². The molecule has 3 rings (SSSR count). The zero-order valence-corrected chi connectivity index (χ0v) is 11.4. The Morgan fingerprint density at radius 1 is 1.24 bits per heavy atom. The van der Waals surface area contributed by atoms with E-state index in [4.69, 9.17) is 0 Å². The van der Waals surface area contributed by atoms with Crippen molar-refractivity contribution in [1.82, 2.24) is 19.5 Å². The largest absolute Gasteiger partial charge is 0.319 e. The van der Waals surface area contributed by atoms with E-state index in [0.717, 1.165) is 5.69 Å². The summed E-state index contributed by atoms with van der Waals surface area (Å²) in [6.45, 7) is 1.89. The summed E-state index contributed by atoms with van der Waals surface area (Å²) in [5.74, 6) is 0.366. The van der Waals surface area contributed by atoms with Crippen molar-refractivity contribution in [3.05, 3.63) is 66.6 Å². The summed E-state index contributed by atoms with van der Waals surface area (Å²) < 4.78 is 1.74. The molecule has 6 nitrogen and oxygen atoms in total. The van der Waals surface area contributed by atoms with Crippen LogP contribution in [0.1, 0.15) is 16.2 Å². The van der Waals surface area contributed by atoms with Crippen LogP contribution in [-0.2, 0) is 0 Å². The van der Waals surface area contributed by atoms with Gasteiger partial charge in [0, 0.05) is 18.1 Å². The highest BCUT2D eigenvalue weighted by Gasteiger charge is 2.09. The maximum absolute atomic E-state index is 12.2. The van der Waals surface area contributed by atoms with E-state index in [1.807, 2.05) is 19.1 Å². The number of carbonyl (C=O) groups is 1. The van der Waals surface area contributed by atoms with Crippen molar-refractivity contribution in [3.8, 4) is 5.82 Å². The van der Waals surface area contributed by atoms with Crippen molar-refractivity contribution in [1.29, 1.82) is 0 Å². The lowest BCUT2D eigenvalue weighted by Crippen LogP contribution is -2.14. The highest BCUT2D eigenvalue weighted by molar-refractivity contribution is 6.02. The molecule has 6 heteroatoms. The molecule has 0 aromatic carbocycles. The fourth-order valence-electron chi connectivity index (χ4n) is 1.83. The number of aryl methyl sites for hydroxylation is 1. The van der Waals surface area contributed by atoms with E-state index in [2.05, 4.69) is 20.3 Å². The number of nitrogens with one attached hydrogen (secondary N) is 1. The minimum atomic E-state index is -0.275. The molecule has 3 aromatic rings. The molecule has 3 heterocycles. The summed E-state index contributed by atoms with van der Waals surface area (Å²) in [5.41, 5.74) is 1.87. The lowest BCUT2D eigenvalue weighted by Gasteiger charge is -2.06. The van der Waals surface area contributed by atoms with Crippen LogP contribution >= 0.6 is 0 Å². The van der Waals surface area contributed by atoms with Crippen LogP contribution < -0.4 is 5.32 Å². The van der Waals surface area contributed by atoms with Gasteiger partial charge in [-0.15, -0.1) is 0 Å². The Kier molecular flexibility index (Phi) is 3.42. The topological polar surface area (TPSA) is 72.7 Å². The Bertz CT molecular complexity index is 750. The fourth-order valence-corrected chi connectivity index (χ4v) is 1.83. The number of imidazole rings is 1. The van der Waals surface area contributed by atoms with Gasteiger partial charge >= 0.3 is 0 Å². The van der Waals surface area contributed by atoms with Crippen molar-refractivity contribution >= 4 is 11.6 Å². The zero-order valence-electron chi connectivity index (χ0n) is 11.4. The average Bonchev–Trinajstić information content (AvgIpc) is 3.04. The smallest absolute Gasteiger partial charge is 0.274 e. The number of anilines is 1. The van der Waals surface area contributed by atoms with E-state index in [1.165, 1.54) is 0 Å². The van der Waals surface area contributed by atoms with Gasteiger partial charge in [-0.1, -0.05) is 6.07 Å². The van der Waals surface area contributed by atoms with Crippen LogP contribution in [0, 0.1) is 6.92 Å². The van der Waals surface area contributed by atoms with Gasteiger partial charge < -0.3 is 5.32 Å². The Hall–Kier alpha value is -3.02. The summed E-state index contributed by atoms with van der Waals surface area (Å²) in [7, 11) is 0. The number of amides is 1. The van der Waals surface area contributed by atoms with Gasteiger partial charge in [0.05, 0.1) is 11.9 Å². The maximum Gasteiger partial charge on any atom is 0.274 e. The molecule has 0 atom stereocenters. The Morgan fingerprint density at radius 2 is 2.14 bits per heavy atom. The normalized spacial score (nSPS) is 10.3. The van der Waals surface area contributed by atoms with Gasteiger partial charge in [-0.2, -0.15) is 0 Å². The second kappa shape index (κ2) is 5.54. The SMILES string of the molecule is Cc1ccc(NC(=O)c2cccc(-n3ccnc3)n2)cn1. The van der Waals surface area contributed by atoms with Crippen molar-refractivity contribution in [2.24, 2.45) is 0 Å². The molecule has 1 amide bonds. The van der Waals surface area contributed by atoms with Crippen LogP contribution in [0.3, 0.4) is 0 Å². The maximum atomic E-state index is 12.2. The minimum Gasteiger partial charge on any atom is -0.319 e. The lowest BCUT2D eigenvalue weighted by molar-refractivity contribution is 0.102. The number of rotatable bonds is 3. The number of aromatic nitrogens is 4. The van der Waals surface area contributed by atoms with Gasteiger partial charge in [-0.25, -0.2) is 9.97 Å². The van der Waals surface area contributed by atoms with Crippen LogP contribution in [0.2, 0.25) is 0 Å². The summed E-state index contributed by atoms with van der Waals surface area (Å²) in [6.07, 6.45) is 6.68. The Balaban J connectivity index is 1.81. The van der Waals surface area contributed by atoms with Crippen molar-refractivity contribution < 1.29 is 4.79 Å². The first kappa shape index (κ1) is 13.0. The quantitative estimate of drug-likeness (QED) is 0.798. The molecule has 21 heavy (non-hydrogen) atoms. The van der Waals surface area contributed by atoms with Crippen molar-refractivity contribution in [3.63, 3.8) is 0 Å². The van der Waals surface area contributed by atoms with Crippen molar-refractivity contribution in [2.75, 3.05) is 5.32 Å². The van der Waals surface area contributed by atoms with Crippen LogP contribution in [0.4, 0.5) is 5.69 Å². The Morgan fingerprint density at radius 3 is 2.86 bits per heavy atom. The van der Waals surface area contributed by atoms with E-state index in [9.17, 15) is 4.79 Å². The van der Waals surface area contributed by atoms with E-state index in [1.54, 1.807) is 47.7 Å². The lowest BCUT2D eigenvalue weighted by atomic mass is 10.3. The molecule has 0 spiro atoms. The molecule has 0 radical (unpaired) electrons. The summed E-state index contributed by atoms with van der Waals surface area (Å²) in [6, 6.07) is 8.90. The van der Waals surface area contributed by atoms with Gasteiger partial charge in [0.15, 0.2) is 0 Å². The molecule has 104 valence electrons. The molecule has 0 bridgehead atoms. The van der Waals surface area contributed by atoms with E-state index in [-0.39, 0.29) is 5.91 Å². The van der Waals surface area contributed by atoms with E-state index < -0.39 is 0 Å². The highest BCUT2D eigenvalue weighted by atomic mass is 16.1. The first-order valence-corrected chi connectivity index (χ1v) is 6.42. The van der Waals surface area contributed by atoms with Crippen LogP contribution in [-0.4, -0.2) is 25.4 Å². The van der Waals surface area contributed by atoms with Crippen molar-refractivity contribution in [2.45, 2.75) is 6.92 Å². The van der Waals surface area contributed by atoms with Gasteiger partial charge in [0.2, 0.25) is 0 Å². The number of nitrogens with zero attached hydrogens (tertiary/aromatic N) is 4. The second-order valence-electron chi connectivity index (χ2n) is 4.49. The first-order chi connectivity index (χ1) is 10.2. The van der Waals surface area contributed by atoms with Gasteiger partial charge in [-0.05, 0) is 31.2 Å². The molecule has 0 saturated carbocycles.